The van der Waals surface area contributed by atoms with Crippen LogP contribution in [0.5, 0.6) is 0 Å². The molecule has 0 bridgehead atoms. The molecule has 4 aromatic rings. The Hall–Kier alpha value is -7.48. The maximum Gasteiger partial charge on any atom is 0.211 e. The molecule has 2 heterocycles. The second-order valence-corrected chi connectivity index (χ2v) is 7.20. The molecule has 0 atom stereocenters. The van der Waals surface area contributed by atoms with Gasteiger partial charge in [0.1, 0.15) is 22.8 Å². The number of nitriles is 4. The van der Waals surface area contributed by atoms with Gasteiger partial charge in [-0.15, -0.1) is 0 Å². The van der Waals surface area contributed by atoms with Gasteiger partial charge in [0, 0.05) is 13.9 Å². The van der Waals surface area contributed by atoms with E-state index in [1.165, 1.54) is 0 Å². The monoisotopic (exact) mass is 514 g/mol. The summed E-state index contributed by atoms with van der Waals surface area (Å²) in [5.41, 5.74) is -4.98. The minimum Gasteiger partial charge on any atom is -0.250 e. The Bertz CT molecular complexity index is 2230. The zero-order valence-electron chi connectivity index (χ0n) is 23.5. The van der Waals surface area contributed by atoms with E-state index in [1.54, 1.807) is 24.3 Å². The molecule has 0 radical (unpaired) electrons. The molecule has 0 aliphatic heterocycles. The van der Waals surface area contributed by atoms with Gasteiger partial charge in [-0.3, -0.25) is 9.69 Å². The number of hydrogen-bond donors (Lipinski definition) is 0. The maximum atomic E-state index is 9.94. The topological polar surface area (TPSA) is 164 Å². The number of benzene rings is 2. The Kier molecular flexibility index (Phi) is 5.50. The number of fused-ring (bicyclic) bond motifs is 1. The van der Waals surface area contributed by atoms with E-state index < -0.39 is 80.3 Å². The summed E-state index contributed by atoms with van der Waals surface area (Å²) in [5, 5.41) is 38.5. The molecule has 0 unspecified atom stereocenters. The Labute approximate surface area is 231 Å². The van der Waals surface area contributed by atoms with Crippen LogP contribution in [-0.2, 0) is 0 Å². The standard InChI is InChI=1S/C28H6N12/c1-33-21-7-15(5-17(9-29)25(21)35-3)19(11-31)23-13-37-28-27(39-23)38-14-24(40-28)20(12-32)16-6-18(10-30)26(36-4)22(8-16)34-2/h5-8,13-14H/b23-19-,24-20+/i5D,6D,7D,8D. The zero-order chi connectivity index (χ0) is 32.3. The van der Waals surface area contributed by atoms with E-state index in [0.29, 0.717) is 0 Å². The third-order valence-corrected chi connectivity index (χ3v) is 5.09. The lowest BCUT2D eigenvalue weighted by Gasteiger charge is -2.05. The summed E-state index contributed by atoms with van der Waals surface area (Å²) < 4.78 is 33.6. The SMILES string of the molecule is [2H]c1c(C#N)c([N+]#[C-])c([N+]#[C-])c([2H])c1/C(C#N)=c1\cnc2n/c(=C(/C#N)c3c([2H])c(C#N)c([N+]#[C-])c([N+]#[C-])c3[2H])cnc2n1. The van der Waals surface area contributed by atoms with Gasteiger partial charge in [-0.1, -0.05) is 12.1 Å². The first-order valence-corrected chi connectivity index (χ1v) is 10.4. The third-order valence-electron chi connectivity index (χ3n) is 5.09. The fourth-order valence-corrected chi connectivity index (χ4v) is 3.34. The van der Waals surface area contributed by atoms with Crippen LogP contribution in [-0.4, -0.2) is 19.9 Å². The first-order chi connectivity index (χ1) is 21.2. The molecule has 0 saturated carbocycles. The lowest BCUT2D eigenvalue weighted by atomic mass is 10.0. The predicted octanol–water partition coefficient (Wildman–Crippen LogP) is 3.81. The van der Waals surface area contributed by atoms with Crippen LogP contribution >= 0.6 is 0 Å². The lowest BCUT2D eigenvalue weighted by molar-refractivity contribution is 1.10. The van der Waals surface area contributed by atoms with Crippen molar-refractivity contribution < 1.29 is 5.48 Å². The Balaban J connectivity index is 2.07. The highest BCUT2D eigenvalue weighted by Crippen LogP contribution is 2.35. The highest BCUT2D eigenvalue weighted by atomic mass is 15.0. The Morgan fingerprint density at radius 2 is 1.05 bits per heavy atom. The van der Waals surface area contributed by atoms with E-state index in [0.717, 1.165) is 12.4 Å². The summed E-state index contributed by atoms with van der Waals surface area (Å²) in [6.45, 7) is 29.3. The second kappa shape index (κ2) is 10.6. The molecule has 178 valence electrons. The van der Waals surface area contributed by atoms with Crippen molar-refractivity contribution in [2.24, 2.45) is 0 Å². The maximum absolute atomic E-state index is 9.94. The molecule has 40 heavy (non-hydrogen) atoms. The van der Waals surface area contributed by atoms with Crippen LogP contribution in [0.3, 0.4) is 0 Å². The van der Waals surface area contributed by atoms with E-state index in [1.807, 2.05) is 0 Å². The molecule has 0 spiro atoms. The summed E-state index contributed by atoms with van der Waals surface area (Å²) in [7, 11) is 0. The Morgan fingerprint density at radius 3 is 1.35 bits per heavy atom. The average Bonchev–Trinajstić information content (AvgIpc) is 3.03. The van der Waals surface area contributed by atoms with E-state index in [-0.39, 0.29) is 22.0 Å². The van der Waals surface area contributed by atoms with Gasteiger partial charge in [-0.05, 0) is 23.2 Å². The molecular formula is C28H6N12. The van der Waals surface area contributed by atoms with Crippen LogP contribution in [0.15, 0.2) is 36.6 Å². The lowest BCUT2D eigenvalue weighted by Crippen LogP contribution is -2.18. The van der Waals surface area contributed by atoms with Gasteiger partial charge in [0.15, 0.2) is 22.7 Å². The summed E-state index contributed by atoms with van der Waals surface area (Å²) in [5.74, 6) is 0. The fourth-order valence-electron chi connectivity index (χ4n) is 3.34. The summed E-state index contributed by atoms with van der Waals surface area (Å²) >= 11 is 0. The van der Waals surface area contributed by atoms with Crippen molar-refractivity contribution in [3.8, 4) is 24.3 Å². The van der Waals surface area contributed by atoms with Crippen molar-refractivity contribution in [2.75, 3.05) is 0 Å². The van der Waals surface area contributed by atoms with Gasteiger partial charge in [0.05, 0.1) is 64.7 Å². The van der Waals surface area contributed by atoms with Gasteiger partial charge >= 0.3 is 0 Å². The largest absolute Gasteiger partial charge is 0.250 e. The molecule has 2 aromatic carbocycles. The zero-order valence-corrected chi connectivity index (χ0v) is 19.5. The molecule has 12 heteroatoms. The van der Waals surface area contributed by atoms with Crippen LogP contribution in [0.2, 0.25) is 0 Å². The number of nitrogens with zero attached hydrogens (tertiary/aromatic N) is 12. The molecule has 12 nitrogen and oxygen atoms in total. The van der Waals surface area contributed by atoms with Crippen LogP contribution in [0, 0.1) is 71.6 Å². The smallest absolute Gasteiger partial charge is 0.211 e. The van der Waals surface area contributed by atoms with Crippen molar-refractivity contribution >= 4 is 45.2 Å². The normalized spacial score (nSPS) is 12.5. The van der Waals surface area contributed by atoms with E-state index in [2.05, 4.69) is 39.3 Å². The first-order valence-electron chi connectivity index (χ1n) is 12.4. The minimum absolute atomic E-state index is 0.182. The van der Waals surface area contributed by atoms with Crippen molar-refractivity contribution in [1.29, 1.82) is 21.0 Å². The van der Waals surface area contributed by atoms with Crippen molar-refractivity contribution in [3.63, 3.8) is 0 Å². The van der Waals surface area contributed by atoms with Crippen molar-refractivity contribution in [1.82, 2.24) is 19.9 Å². The van der Waals surface area contributed by atoms with Crippen molar-refractivity contribution in [3.05, 3.63) is 115 Å². The van der Waals surface area contributed by atoms with Crippen LogP contribution in [0.25, 0.3) is 41.8 Å². The van der Waals surface area contributed by atoms with E-state index >= 15 is 0 Å². The summed E-state index contributed by atoms with van der Waals surface area (Å²) in [4.78, 5) is 29.1. The number of rotatable bonds is 2. The van der Waals surface area contributed by atoms with Gasteiger partial charge in [0.2, 0.25) is 11.4 Å². The van der Waals surface area contributed by atoms with Gasteiger partial charge in [-0.25, -0.2) is 29.6 Å². The quantitative estimate of drug-likeness (QED) is 0.364. The fraction of sp³-hybridized carbons (Fsp3) is 0. The Morgan fingerprint density at radius 1 is 0.650 bits per heavy atom. The highest BCUT2D eigenvalue weighted by molar-refractivity contribution is 5.87. The van der Waals surface area contributed by atoms with Gasteiger partial charge in [0.25, 0.3) is 0 Å². The van der Waals surface area contributed by atoms with E-state index in [9.17, 15) is 21.0 Å². The average molecular weight is 514 g/mol. The second-order valence-electron chi connectivity index (χ2n) is 7.20. The van der Waals surface area contributed by atoms with Crippen LogP contribution in [0.4, 0.5) is 22.7 Å². The van der Waals surface area contributed by atoms with E-state index in [4.69, 9.17) is 31.8 Å². The first kappa shape index (κ1) is 20.7. The highest BCUT2D eigenvalue weighted by Gasteiger charge is 2.16. The molecule has 0 fully saturated rings. The molecule has 0 amide bonds. The van der Waals surface area contributed by atoms with Gasteiger partial charge in [-0.2, -0.15) is 21.0 Å². The van der Waals surface area contributed by atoms with Crippen molar-refractivity contribution in [2.45, 2.75) is 0 Å². The molecule has 0 saturated heterocycles. The summed E-state index contributed by atoms with van der Waals surface area (Å²) in [6.07, 6.45) is 2.08. The molecule has 0 N–H and O–H groups in total. The minimum atomic E-state index is -0.625. The molecule has 2 aromatic heterocycles. The molecular weight excluding hydrogens is 504 g/mol. The number of aromatic nitrogens is 4. The molecule has 0 aliphatic rings. The third kappa shape index (κ3) is 4.31. The van der Waals surface area contributed by atoms with Gasteiger partial charge < -0.3 is 0 Å². The predicted molar refractivity (Wildman–Crippen MR) is 138 cm³/mol. The summed E-state index contributed by atoms with van der Waals surface area (Å²) in [6, 6.07) is 4.44. The molecule has 0 aliphatic carbocycles. The molecule has 4 rings (SSSR count). The van der Waals surface area contributed by atoms with Crippen LogP contribution < -0.4 is 10.7 Å². The number of hydrogen-bond acceptors (Lipinski definition) is 8. The van der Waals surface area contributed by atoms with Crippen LogP contribution in [0.1, 0.15) is 27.7 Å².